The minimum absolute atomic E-state index is 0.197. The van der Waals surface area contributed by atoms with Crippen molar-refractivity contribution >= 4 is 11.8 Å². The summed E-state index contributed by atoms with van der Waals surface area (Å²) in [6, 6.07) is 5.58. The number of urea groups is 1. The van der Waals surface area contributed by atoms with Crippen LogP contribution in [0.5, 0.6) is 0 Å². The van der Waals surface area contributed by atoms with Crippen LogP contribution in [-0.4, -0.2) is 42.9 Å². The fourth-order valence-electron chi connectivity index (χ4n) is 3.42. The summed E-state index contributed by atoms with van der Waals surface area (Å²) in [5.41, 5.74) is 1.57. The normalized spacial score (nSPS) is 14.4. The number of aryl methyl sites for hydroxylation is 1. The maximum atomic E-state index is 12.7. The Balaban J connectivity index is 1.42. The molecule has 4 rings (SSSR count). The lowest BCUT2D eigenvalue weighted by Gasteiger charge is -2.19. The van der Waals surface area contributed by atoms with Gasteiger partial charge in [0, 0.05) is 18.8 Å². The molecule has 3 heterocycles. The van der Waals surface area contributed by atoms with Crippen LogP contribution in [0.25, 0.3) is 11.5 Å². The van der Waals surface area contributed by atoms with Gasteiger partial charge in [-0.3, -0.25) is 10.3 Å². The van der Waals surface area contributed by atoms with Gasteiger partial charge in [0.15, 0.2) is 0 Å². The highest BCUT2D eigenvalue weighted by Gasteiger charge is 2.23. The molecule has 0 aliphatic heterocycles. The molecule has 1 N–H and O–H groups in total. The highest BCUT2D eigenvalue weighted by Crippen LogP contribution is 2.32. The quantitative estimate of drug-likeness (QED) is 0.726. The summed E-state index contributed by atoms with van der Waals surface area (Å²) < 4.78 is 7.21. The van der Waals surface area contributed by atoms with E-state index in [9.17, 15) is 4.79 Å². The number of anilines is 1. The van der Waals surface area contributed by atoms with Crippen molar-refractivity contribution in [3.8, 4) is 11.5 Å². The molecule has 9 nitrogen and oxygen atoms in total. The summed E-state index contributed by atoms with van der Waals surface area (Å²) in [6.07, 6.45) is 8.06. The topological polar surface area (TPSA) is 102 Å². The van der Waals surface area contributed by atoms with Crippen LogP contribution >= 0.6 is 0 Å². The SMILES string of the molecule is Cc1cnn(C2CCCC2)c1NC(=O)N(C)Cc1nc(-c2ccccn2)no1. The van der Waals surface area contributed by atoms with E-state index in [0.717, 1.165) is 24.2 Å². The van der Waals surface area contributed by atoms with E-state index in [1.807, 2.05) is 23.7 Å². The number of hydrogen-bond donors (Lipinski definition) is 1. The van der Waals surface area contributed by atoms with Crippen molar-refractivity contribution < 1.29 is 9.32 Å². The second kappa shape index (κ2) is 7.79. The zero-order chi connectivity index (χ0) is 19.5. The molecule has 0 unspecified atom stereocenters. The van der Waals surface area contributed by atoms with Crippen molar-refractivity contribution in [3.63, 3.8) is 0 Å². The van der Waals surface area contributed by atoms with Crippen LogP contribution < -0.4 is 5.32 Å². The van der Waals surface area contributed by atoms with Crippen LogP contribution in [-0.2, 0) is 6.54 Å². The van der Waals surface area contributed by atoms with E-state index in [2.05, 4.69) is 25.5 Å². The third kappa shape index (κ3) is 3.73. The molecule has 0 atom stereocenters. The Morgan fingerprint density at radius 3 is 2.93 bits per heavy atom. The van der Waals surface area contributed by atoms with Gasteiger partial charge in [-0.25, -0.2) is 9.48 Å². The van der Waals surface area contributed by atoms with Gasteiger partial charge in [0.1, 0.15) is 18.1 Å². The highest BCUT2D eigenvalue weighted by molar-refractivity contribution is 5.88. The van der Waals surface area contributed by atoms with Gasteiger partial charge < -0.3 is 9.42 Å². The lowest BCUT2D eigenvalue weighted by atomic mass is 10.2. The molecule has 1 saturated carbocycles. The number of aromatic nitrogens is 5. The van der Waals surface area contributed by atoms with Gasteiger partial charge in [-0.2, -0.15) is 10.1 Å². The third-order valence-electron chi connectivity index (χ3n) is 4.96. The lowest BCUT2D eigenvalue weighted by Crippen LogP contribution is -2.32. The molecule has 1 aliphatic carbocycles. The van der Waals surface area contributed by atoms with Gasteiger partial charge >= 0.3 is 6.03 Å². The molecule has 0 saturated heterocycles. The molecule has 9 heteroatoms. The number of nitrogens with one attached hydrogen (secondary N) is 1. The van der Waals surface area contributed by atoms with Crippen molar-refractivity contribution in [3.05, 3.63) is 42.0 Å². The van der Waals surface area contributed by atoms with Crippen LogP contribution in [0.15, 0.2) is 35.1 Å². The maximum Gasteiger partial charge on any atom is 0.323 e. The van der Waals surface area contributed by atoms with E-state index >= 15 is 0 Å². The molecular formula is C19H23N7O2. The number of amides is 2. The Morgan fingerprint density at radius 2 is 2.18 bits per heavy atom. The highest BCUT2D eigenvalue weighted by atomic mass is 16.5. The minimum atomic E-state index is -0.250. The number of pyridine rings is 1. The van der Waals surface area contributed by atoms with Crippen molar-refractivity contribution in [1.29, 1.82) is 0 Å². The number of carbonyl (C=O) groups excluding carboxylic acids is 1. The van der Waals surface area contributed by atoms with Gasteiger partial charge in [-0.1, -0.05) is 24.1 Å². The van der Waals surface area contributed by atoms with Crippen LogP contribution in [0.2, 0.25) is 0 Å². The number of hydrogen-bond acceptors (Lipinski definition) is 6. The molecule has 0 spiro atoms. The van der Waals surface area contributed by atoms with Gasteiger partial charge in [0.25, 0.3) is 0 Å². The second-order valence-corrected chi connectivity index (χ2v) is 7.07. The van der Waals surface area contributed by atoms with Crippen LogP contribution in [0.1, 0.15) is 43.2 Å². The van der Waals surface area contributed by atoms with E-state index in [1.54, 1.807) is 25.5 Å². The monoisotopic (exact) mass is 381 g/mol. The molecule has 146 valence electrons. The fourth-order valence-corrected chi connectivity index (χ4v) is 3.42. The third-order valence-corrected chi connectivity index (χ3v) is 4.96. The molecule has 0 aromatic carbocycles. The number of rotatable bonds is 5. The average Bonchev–Trinajstić information content (AvgIpc) is 3.45. The Kier molecular flexibility index (Phi) is 5.05. The first-order valence-corrected chi connectivity index (χ1v) is 9.42. The summed E-state index contributed by atoms with van der Waals surface area (Å²) in [5.74, 6) is 1.50. The number of nitrogens with zero attached hydrogens (tertiary/aromatic N) is 6. The first-order valence-electron chi connectivity index (χ1n) is 9.42. The van der Waals surface area contributed by atoms with Gasteiger partial charge in [0.05, 0.1) is 12.2 Å². The summed E-state index contributed by atoms with van der Waals surface area (Å²) in [4.78, 5) is 22.7. The average molecular weight is 381 g/mol. The fraction of sp³-hybridized carbons (Fsp3) is 0.421. The first-order chi connectivity index (χ1) is 13.6. The number of carbonyl (C=O) groups is 1. The standard InChI is InChI=1S/C19H23N7O2/c1-13-11-21-26(14-7-3-4-8-14)18(13)23-19(27)25(2)12-16-22-17(24-28-16)15-9-5-6-10-20-15/h5-6,9-11,14H,3-4,7-8,12H2,1-2H3,(H,23,27). The molecule has 1 aliphatic rings. The molecule has 3 aromatic rings. The van der Waals surface area contributed by atoms with E-state index in [1.165, 1.54) is 17.7 Å². The Bertz CT molecular complexity index is 944. The van der Waals surface area contributed by atoms with E-state index in [0.29, 0.717) is 23.5 Å². The maximum absolute atomic E-state index is 12.7. The largest absolute Gasteiger partial charge is 0.337 e. The van der Waals surface area contributed by atoms with Crippen molar-refractivity contribution in [1.82, 2.24) is 29.8 Å². The zero-order valence-electron chi connectivity index (χ0n) is 16.0. The molecule has 2 amide bonds. The van der Waals surface area contributed by atoms with Crippen molar-refractivity contribution in [2.75, 3.05) is 12.4 Å². The predicted molar refractivity (Wildman–Crippen MR) is 102 cm³/mol. The molecule has 1 fully saturated rings. The smallest absolute Gasteiger partial charge is 0.323 e. The molecule has 28 heavy (non-hydrogen) atoms. The summed E-state index contributed by atoms with van der Waals surface area (Å²) >= 11 is 0. The zero-order valence-corrected chi connectivity index (χ0v) is 16.0. The molecule has 3 aromatic heterocycles. The summed E-state index contributed by atoms with van der Waals surface area (Å²) in [7, 11) is 1.69. The van der Waals surface area contributed by atoms with Gasteiger partial charge in [-0.05, 0) is 31.9 Å². The van der Waals surface area contributed by atoms with Crippen molar-refractivity contribution in [2.24, 2.45) is 0 Å². The van der Waals surface area contributed by atoms with E-state index < -0.39 is 0 Å². The minimum Gasteiger partial charge on any atom is -0.337 e. The van der Waals surface area contributed by atoms with Crippen molar-refractivity contribution in [2.45, 2.75) is 45.2 Å². The summed E-state index contributed by atoms with van der Waals surface area (Å²) in [6.45, 7) is 2.15. The van der Waals surface area contributed by atoms with Crippen LogP contribution in [0, 0.1) is 6.92 Å². The second-order valence-electron chi connectivity index (χ2n) is 7.07. The van der Waals surface area contributed by atoms with Gasteiger partial charge in [-0.15, -0.1) is 0 Å². The summed E-state index contributed by atoms with van der Waals surface area (Å²) in [5, 5.41) is 11.4. The lowest BCUT2D eigenvalue weighted by molar-refractivity contribution is 0.212. The molecule has 0 bridgehead atoms. The Hall–Kier alpha value is -3.23. The van der Waals surface area contributed by atoms with Gasteiger partial charge in [0.2, 0.25) is 11.7 Å². The van der Waals surface area contributed by atoms with E-state index in [4.69, 9.17) is 4.52 Å². The van der Waals surface area contributed by atoms with Crippen LogP contribution in [0.4, 0.5) is 10.6 Å². The van der Waals surface area contributed by atoms with E-state index in [-0.39, 0.29) is 12.6 Å². The molecular weight excluding hydrogens is 358 g/mol. The molecule has 0 radical (unpaired) electrons. The first kappa shape index (κ1) is 18.1. The van der Waals surface area contributed by atoms with Crippen LogP contribution in [0.3, 0.4) is 0 Å². The Morgan fingerprint density at radius 1 is 1.36 bits per heavy atom. The Labute approximate surface area is 162 Å². The predicted octanol–water partition coefficient (Wildman–Crippen LogP) is 3.42.